The van der Waals surface area contributed by atoms with E-state index >= 15 is 0 Å². The number of aliphatic hydroxyl groups excluding tert-OH is 1. The molecule has 0 bridgehead atoms. The maximum absolute atomic E-state index is 12.2. The molecule has 0 saturated carbocycles. The number of carbonyl (C=O) groups is 2. The molecule has 2 rings (SSSR count). The van der Waals surface area contributed by atoms with Crippen LogP contribution in [0.4, 0.5) is 4.79 Å². The van der Waals surface area contributed by atoms with Crippen molar-refractivity contribution in [1.82, 2.24) is 14.8 Å². The Labute approximate surface area is 120 Å². The maximum Gasteiger partial charge on any atom is 0.319 e. The normalized spacial score (nSPS) is 18.4. The minimum absolute atomic E-state index is 0.0902. The molecule has 1 saturated heterocycles. The summed E-state index contributed by atoms with van der Waals surface area (Å²) < 4.78 is 1.32. The van der Waals surface area contributed by atoms with E-state index in [1.165, 1.54) is 15.7 Å². The fraction of sp³-hybridized carbons (Fsp3) is 0.462. The maximum atomic E-state index is 12.2. The number of rotatable bonds is 5. The smallest absolute Gasteiger partial charge is 0.319 e. The van der Waals surface area contributed by atoms with Crippen LogP contribution in [0.3, 0.4) is 0 Å². The standard InChI is InChI=1S/C13H17N3O5/c17-10-3-6-16(13(21)14-10)8-9-2-1-5-15(12(9)20)7-4-11(18)19/h1-2,5,10,17H,3-4,6-8H2,(H,14,21)(H,18,19). The number of carboxylic acids is 1. The number of nitrogens with one attached hydrogen (secondary N) is 1. The van der Waals surface area contributed by atoms with Crippen molar-refractivity contribution in [2.75, 3.05) is 6.54 Å². The number of hydrogen-bond acceptors (Lipinski definition) is 4. The lowest BCUT2D eigenvalue weighted by Gasteiger charge is -2.30. The molecule has 0 aliphatic carbocycles. The number of nitrogens with zero attached hydrogens (tertiary/aromatic N) is 2. The Bertz CT molecular complexity index is 598. The number of aliphatic carboxylic acids is 1. The first-order valence-corrected chi connectivity index (χ1v) is 6.61. The number of carbonyl (C=O) groups excluding carboxylic acids is 1. The molecule has 2 heterocycles. The zero-order valence-electron chi connectivity index (χ0n) is 11.4. The number of hydrogen-bond donors (Lipinski definition) is 3. The van der Waals surface area contributed by atoms with Gasteiger partial charge in [-0.3, -0.25) is 9.59 Å². The number of aryl methyl sites for hydroxylation is 1. The van der Waals surface area contributed by atoms with Gasteiger partial charge in [0.25, 0.3) is 5.56 Å². The van der Waals surface area contributed by atoms with Crippen LogP contribution in [0.2, 0.25) is 0 Å². The molecule has 8 heteroatoms. The third-order valence-corrected chi connectivity index (χ3v) is 3.28. The lowest BCUT2D eigenvalue weighted by atomic mass is 10.2. The van der Waals surface area contributed by atoms with Crippen molar-refractivity contribution in [3.05, 3.63) is 34.2 Å². The number of aromatic nitrogens is 1. The molecule has 1 aliphatic rings. The van der Waals surface area contributed by atoms with Gasteiger partial charge in [0, 0.05) is 31.3 Å². The van der Waals surface area contributed by atoms with Crippen molar-refractivity contribution in [1.29, 1.82) is 0 Å². The summed E-state index contributed by atoms with van der Waals surface area (Å²) in [5.41, 5.74) is 0.104. The summed E-state index contributed by atoms with van der Waals surface area (Å²) in [6.45, 7) is 0.578. The van der Waals surface area contributed by atoms with Gasteiger partial charge in [-0.1, -0.05) is 6.07 Å². The average molecular weight is 295 g/mol. The van der Waals surface area contributed by atoms with Crippen molar-refractivity contribution in [2.24, 2.45) is 0 Å². The van der Waals surface area contributed by atoms with Gasteiger partial charge in [0.15, 0.2) is 0 Å². The molecule has 1 aromatic rings. The lowest BCUT2D eigenvalue weighted by Crippen LogP contribution is -2.51. The number of carboxylic acid groups (broad SMARTS) is 1. The predicted molar refractivity (Wildman–Crippen MR) is 72.5 cm³/mol. The van der Waals surface area contributed by atoms with Crippen molar-refractivity contribution in [2.45, 2.75) is 32.2 Å². The van der Waals surface area contributed by atoms with Gasteiger partial charge in [0.05, 0.1) is 13.0 Å². The largest absolute Gasteiger partial charge is 0.481 e. The third-order valence-electron chi connectivity index (χ3n) is 3.28. The second-order valence-electron chi connectivity index (χ2n) is 4.85. The van der Waals surface area contributed by atoms with Crippen molar-refractivity contribution < 1.29 is 19.8 Å². The number of aliphatic hydroxyl groups is 1. The highest BCUT2D eigenvalue weighted by Gasteiger charge is 2.23. The SMILES string of the molecule is O=C(O)CCn1cccc(CN2CCC(O)NC2=O)c1=O. The average Bonchev–Trinajstić information content (AvgIpc) is 2.42. The second-order valence-corrected chi connectivity index (χ2v) is 4.85. The lowest BCUT2D eigenvalue weighted by molar-refractivity contribution is -0.137. The zero-order chi connectivity index (χ0) is 15.4. The highest BCUT2D eigenvalue weighted by Crippen LogP contribution is 2.07. The van der Waals surface area contributed by atoms with Crippen LogP contribution >= 0.6 is 0 Å². The first-order valence-electron chi connectivity index (χ1n) is 6.61. The van der Waals surface area contributed by atoms with Gasteiger partial charge in [0.2, 0.25) is 0 Å². The molecule has 3 N–H and O–H groups in total. The van der Waals surface area contributed by atoms with Gasteiger partial charge in [-0.2, -0.15) is 0 Å². The summed E-state index contributed by atoms with van der Waals surface area (Å²) in [5.74, 6) is -0.975. The van der Waals surface area contributed by atoms with Gasteiger partial charge >= 0.3 is 12.0 Å². The molecule has 1 atom stereocenters. The summed E-state index contributed by atoms with van der Waals surface area (Å²) in [6.07, 6.45) is 0.928. The molecular formula is C13H17N3O5. The Kier molecular flexibility index (Phi) is 4.59. The van der Waals surface area contributed by atoms with Crippen molar-refractivity contribution >= 4 is 12.0 Å². The van der Waals surface area contributed by atoms with Crippen LogP contribution in [0.1, 0.15) is 18.4 Å². The summed E-state index contributed by atoms with van der Waals surface area (Å²) in [7, 11) is 0. The molecule has 1 aliphatic heterocycles. The van der Waals surface area contributed by atoms with E-state index in [0.29, 0.717) is 18.5 Å². The van der Waals surface area contributed by atoms with Crippen LogP contribution in [-0.2, 0) is 17.9 Å². The number of urea groups is 1. The molecule has 0 spiro atoms. The van der Waals surface area contributed by atoms with E-state index in [9.17, 15) is 19.5 Å². The monoisotopic (exact) mass is 295 g/mol. The summed E-state index contributed by atoms with van der Waals surface area (Å²) >= 11 is 0. The van der Waals surface area contributed by atoms with Gasteiger partial charge in [-0.15, -0.1) is 0 Å². The topological polar surface area (TPSA) is 112 Å². The summed E-state index contributed by atoms with van der Waals surface area (Å²) in [5, 5.41) is 20.3. The van der Waals surface area contributed by atoms with Crippen LogP contribution in [0.25, 0.3) is 0 Å². The van der Waals surface area contributed by atoms with Gasteiger partial charge < -0.3 is 25.0 Å². The zero-order valence-corrected chi connectivity index (χ0v) is 11.4. The van der Waals surface area contributed by atoms with Gasteiger partial charge in [-0.25, -0.2) is 4.79 Å². The van der Waals surface area contributed by atoms with Crippen molar-refractivity contribution in [3.63, 3.8) is 0 Å². The molecular weight excluding hydrogens is 278 g/mol. The number of amides is 2. The fourth-order valence-corrected chi connectivity index (χ4v) is 2.14. The highest BCUT2D eigenvalue weighted by atomic mass is 16.4. The summed E-state index contributed by atoms with van der Waals surface area (Å²) in [4.78, 5) is 35.9. The quantitative estimate of drug-likeness (QED) is 0.681. The molecule has 114 valence electrons. The van der Waals surface area contributed by atoms with Crippen LogP contribution in [-0.4, -0.2) is 44.5 Å². The molecule has 1 aromatic heterocycles. The van der Waals surface area contributed by atoms with Crippen LogP contribution < -0.4 is 10.9 Å². The Balaban J connectivity index is 2.10. The van der Waals surface area contributed by atoms with E-state index in [0.717, 1.165) is 0 Å². The Hall–Kier alpha value is -2.35. The Morgan fingerprint density at radius 1 is 1.43 bits per heavy atom. The molecule has 8 nitrogen and oxygen atoms in total. The minimum atomic E-state index is -0.975. The van der Waals surface area contributed by atoms with Gasteiger partial charge in [0.1, 0.15) is 6.23 Å². The van der Waals surface area contributed by atoms with Gasteiger partial charge in [-0.05, 0) is 6.07 Å². The van der Waals surface area contributed by atoms with E-state index in [1.807, 2.05) is 0 Å². The van der Waals surface area contributed by atoms with E-state index in [1.54, 1.807) is 12.1 Å². The highest BCUT2D eigenvalue weighted by molar-refractivity contribution is 5.75. The van der Waals surface area contributed by atoms with E-state index < -0.39 is 18.2 Å². The first-order chi connectivity index (χ1) is 9.97. The molecule has 1 fully saturated rings. The Morgan fingerprint density at radius 2 is 2.19 bits per heavy atom. The summed E-state index contributed by atoms with van der Waals surface area (Å²) in [6, 6.07) is 2.84. The van der Waals surface area contributed by atoms with Crippen LogP contribution in [0, 0.1) is 0 Å². The van der Waals surface area contributed by atoms with E-state index in [-0.39, 0.29) is 25.1 Å². The molecule has 0 radical (unpaired) electrons. The van der Waals surface area contributed by atoms with Crippen LogP contribution in [0.5, 0.6) is 0 Å². The minimum Gasteiger partial charge on any atom is -0.481 e. The van der Waals surface area contributed by atoms with Crippen molar-refractivity contribution in [3.8, 4) is 0 Å². The van der Waals surface area contributed by atoms with E-state index in [2.05, 4.69) is 5.32 Å². The number of pyridine rings is 1. The predicted octanol–water partition coefficient (Wildman–Crippen LogP) is -0.443. The third kappa shape index (κ3) is 3.82. The Morgan fingerprint density at radius 3 is 2.86 bits per heavy atom. The molecule has 21 heavy (non-hydrogen) atoms. The first kappa shape index (κ1) is 15.0. The fourth-order valence-electron chi connectivity index (χ4n) is 2.14. The molecule has 2 amide bonds. The second kappa shape index (κ2) is 6.40. The molecule has 0 aromatic carbocycles. The van der Waals surface area contributed by atoms with E-state index in [4.69, 9.17) is 5.11 Å². The van der Waals surface area contributed by atoms with Crippen LogP contribution in [0.15, 0.2) is 23.1 Å². The molecule has 1 unspecified atom stereocenters.